The molecule has 0 saturated heterocycles. The summed E-state index contributed by atoms with van der Waals surface area (Å²) in [5.41, 5.74) is 4.61. The number of carbonyl (C=O) groups excluding carboxylic acids is 2. The molecule has 0 spiro atoms. The summed E-state index contributed by atoms with van der Waals surface area (Å²) in [6.07, 6.45) is -0.780. The van der Waals surface area contributed by atoms with Crippen LogP contribution in [0.3, 0.4) is 0 Å². The number of amides is 2. The Morgan fingerprint density at radius 3 is 2.36 bits per heavy atom. The maximum absolute atomic E-state index is 12.6. The fourth-order valence-electron chi connectivity index (χ4n) is 3.41. The third kappa shape index (κ3) is 7.42. The molecule has 0 fully saturated rings. The summed E-state index contributed by atoms with van der Waals surface area (Å²) in [6.45, 7) is 2.02. The lowest BCUT2D eigenvalue weighted by Crippen LogP contribution is -2.24. The largest absolute Gasteiger partial charge is 0.573 e. The van der Waals surface area contributed by atoms with Crippen LogP contribution in [0.5, 0.6) is 11.5 Å². The van der Waals surface area contributed by atoms with Crippen molar-refractivity contribution in [2.45, 2.75) is 19.7 Å². The van der Waals surface area contributed by atoms with E-state index in [-0.39, 0.29) is 22.3 Å². The Balaban J connectivity index is 1.34. The highest BCUT2D eigenvalue weighted by Gasteiger charge is 2.31. The van der Waals surface area contributed by atoms with Gasteiger partial charge in [-0.1, -0.05) is 0 Å². The highest BCUT2D eigenvalue weighted by Crippen LogP contribution is 2.39. The summed E-state index contributed by atoms with van der Waals surface area (Å²) in [5, 5.41) is 19.1. The van der Waals surface area contributed by atoms with Gasteiger partial charge in [0.05, 0.1) is 25.9 Å². The molecule has 3 N–H and O–H groups in total. The van der Waals surface area contributed by atoms with Crippen LogP contribution in [0.4, 0.5) is 13.2 Å². The average Bonchev–Trinajstić information content (AvgIpc) is 3.55. The Bertz CT molecular complexity index is 1480. The molecule has 0 radical (unpaired) electrons. The maximum atomic E-state index is 12.6. The van der Waals surface area contributed by atoms with Gasteiger partial charge in [0.25, 0.3) is 11.8 Å². The number of rotatable bonds is 9. The van der Waals surface area contributed by atoms with Crippen LogP contribution in [0, 0.1) is 0 Å². The van der Waals surface area contributed by atoms with E-state index in [2.05, 4.69) is 25.6 Å². The molecule has 0 atom stereocenters. The molecule has 0 aliphatic heterocycles. The highest BCUT2D eigenvalue weighted by atomic mass is 32.1. The zero-order chi connectivity index (χ0) is 28.0. The van der Waals surface area contributed by atoms with E-state index in [1.165, 1.54) is 29.5 Å². The van der Waals surface area contributed by atoms with Crippen LogP contribution >= 0.6 is 22.7 Å². The number of thiophene rings is 2. The first-order valence-electron chi connectivity index (χ1n) is 11.4. The van der Waals surface area contributed by atoms with Crippen molar-refractivity contribution in [3.63, 3.8) is 0 Å². The number of aromatic hydroxyl groups is 1. The van der Waals surface area contributed by atoms with Gasteiger partial charge in [-0.05, 0) is 73.0 Å². The number of hydrogen-bond acceptors (Lipinski definition) is 8. The lowest BCUT2D eigenvalue weighted by atomic mass is 10.1. The van der Waals surface area contributed by atoms with Crippen LogP contribution in [0.2, 0.25) is 0 Å². The fraction of sp³-hybridized carbons (Fsp3) is 0.154. The Hall–Kier alpha value is -4.23. The second-order valence-corrected chi connectivity index (χ2v) is 10.0. The number of benzene rings is 1. The molecule has 2 amide bonds. The number of hydrogen-bond donors (Lipinski definition) is 3. The van der Waals surface area contributed by atoms with Gasteiger partial charge in [-0.15, -0.1) is 35.8 Å². The number of nitrogens with one attached hydrogen (secondary N) is 2. The van der Waals surface area contributed by atoms with Gasteiger partial charge in [-0.25, -0.2) is 5.43 Å². The van der Waals surface area contributed by atoms with Crippen LogP contribution in [-0.4, -0.2) is 40.5 Å². The molecule has 0 aliphatic carbocycles. The topological polar surface area (TPSA) is 113 Å². The summed E-state index contributed by atoms with van der Waals surface area (Å²) in [4.78, 5) is 30.0. The normalized spacial score (nSPS) is 11.7. The van der Waals surface area contributed by atoms with Crippen molar-refractivity contribution in [2.24, 2.45) is 5.10 Å². The lowest BCUT2D eigenvalue weighted by molar-refractivity contribution is -0.274. The molecule has 8 nitrogen and oxygen atoms in total. The smallest absolute Gasteiger partial charge is 0.506 e. The molecule has 0 aliphatic rings. The van der Waals surface area contributed by atoms with Gasteiger partial charge < -0.3 is 15.2 Å². The minimum Gasteiger partial charge on any atom is -0.506 e. The molecule has 0 saturated carbocycles. The minimum atomic E-state index is -4.80. The SMILES string of the molecule is CC(=NNC(=O)c1ccc(C(=O)NCCc2ccncc2)s1)c1csc(-c2ccc(OC(F)(F)F)cc2)c1O. The first-order chi connectivity index (χ1) is 18.6. The highest BCUT2D eigenvalue weighted by molar-refractivity contribution is 7.16. The Labute approximate surface area is 228 Å². The summed E-state index contributed by atoms with van der Waals surface area (Å²) in [6, 6.07) is 11.9. The van der Waals surface area contributed by atoms with Crippen molar-refractivity contribution >= 4 is 40.2 Å². The number of carbonyl (C=O) groups is 2. The molecule has 4 rings (SSSR count). The van der Waals surface area contributed by atoms with Crippen LogP contribution in [-0.2, 0) is 6.42 Å². The summed E-state index contributed by atoms with van der Waals surface area (Å²) >= 11 is 2.19. The molecule has 0 unspecified atom stereocenters. The van der Waals surface area contributed by atoms with Crippen LogP contribution in [0.15, 0.2) is 71.4 Å². The van der Waals surface area contributed by atoms with E-state index in [0.29, 0.717) is 39.6 Å². The molecule has 13 heteroatoms. The first kappa shape index (κ1) is 27.8. The van der Waals surface area contributed by atoms with Gasteiger partial charge in [0.2, 0.25) is 0 Å². The van der Waals surface area contributed by atoms with E-state index < -0.39 is 12.3 Å². The summed E-state index contributed by atoms with van der Waals surface area (Å²) in [7, 11) is 0. The number of ether oxygens (including phenoxy) is 1. The lowest BCUT2D eigenvalue weighted by Gasteiger charge is -2.09. The van der Waals surface area contributed by atoms with Crippen molar-refractivity contribution in [2.75, 3.05) is 6.54 Å². The molecular weight excluding hydrogens is 553 g/mol. The quantitative estimate of drug-likeness (QED) is 0.178. The van der Waals surface area contributed by atoms with Gasteiger partial charge in [-0.3, -0.25) is 14.6 Å². The zero-order valence-corrected chi connectivity index (χ0v) is 21.9. The van der Waals surface area contributed by atoms with Crippen molar-refractivity contribution in [1.29, 1.82) is 0 Å². The second-order valence-electron chi connectivity index (χ2n) is 8.06. The van der Waals surface area contributed by atoms with Gasteiger partial charge in [-0.2, -0.15) is 5.10 Å². The predicted molar refractivity (Wildman–Crippen MR) is 142 cm³/mol. The molecule has 3 heterocycles. The van der Waals surface area contributed by atoms with Crippen molar-refractivity contribution in [3.05, 3.63) is 87.2 Å². The van der Waals surface area contributed by atoms with Crippen molar-refractivity contribution in [1.82, 2.24) is 15.7 Å². The minimum absolute atomic E-state index is 0.123. The molecule has 4 aromatic rings. The number of hydrazone groups is 1. The molecule has 39 heavy (non-hydrogen) atoms. The summed E-state index contributed by atoms with van der Waals surface area (Å²) in [5.74, 6) is -1.31. The van der Waals surface area contributed by atoms with Crippen LogP contribution < -0.4 is 15.5 Å². The Morgan fingerprint density at radius 2 is 1.69 bits per heavy atom. The maximum Gasteiger partial charge on any atom is 0.573 e. The molecule has 3 aromatic heterocycles. The monoisotopic (exact) mass is 574 g/mol. The number of alkyl halides is 3. The predicted octanol–water partition coefficient (Wildman–Crippen LogP) is 5.60. The third-order valence-electron chi connectivity index (χ3n) is 5.33. The van der Waals surface area contributed by atoms with Crippen LogP contribution in [0.1, 0.15) is 37.4 Å². The first-order valence-corrected chi connectivity index (χ1v) is 13.1. The van der Waals surface area contributed by atoms with E-state index in [1.807, 2.05) is 12.1 Å². The van der Waals surface area contributed by atoms with E-state index in [1.54, 1.807) is 30.8 Å². The number of nitrogens with zero attached hydrogens (tertiary/aromatic N) is 2. The van der Waals surface area contributed by atoms with Crippen molar-refractivity contribution in [3.8, 4) is 21.9 Å². The molecule has 1 aromatic carbocycles. The van der Waals surface area contributed by atoms with E-state index >= 15 is 0 Å². The Kier molecular flexibility index (Phi) is 8.62. The fourth-order valence-corrected chi connectivity index (χ4v) is 5.23. The third-order valence-corrected chi connectivity index (χ3v) is 7.43. The van der Waals surface area contributed by atoms with Gasteiger partial charge in [0, 0.05) is 24.3 Å². The zero-order valence-electron chi connectivity index (χ0n) is 20.3. The van der Waals surface area contributed by atoms with Gasteiger partial charge >= 0.3 is 6.36 Å². The van der Waals surface area contributed by atoms with Gasteiger partial charge in [0.15, 0.2) is 0 Å². The van der Waals surface area contributed by atoms with E-state index in [9.17, 15) is 27.9 Å². The average molecular weight is 575 g/mol. The number of pyridine rings is 1. The molecular formula is C26H21F3N4O4S2. The standard InChI is InChI=1S/C26H21F3N4O4S2/c1-15(19-14-38-23(22(19)34)17-2-4-18(5-3-17)37-26(27,28)29)32-33-25(36)21-7-6-20(39-21)24(35)31-13-10-16-8-11-30-12-9-16/h2-9,11-12,14,34H,10,13H2,1H3,(H,31,35)(H,33,36). The number of aromatic nitrogens is 1. The van der Waals surface area contributed by atoms with Crippen LogP contribution in [0.25, 0.3) is 10.4 Å². The second kappa shape index (κ2) is 12.1. The number of halogens is 3. The van der Waals surface area contributed by atoms with Crippen molar-refractivity contribution < 1.29 is 32.6 Å². The van der Waals surface area contributed by atoms with E-state index in [0.717, 1.165) is 29.0 Å². The molecule has 202 valence electrons. The molecule has 0 bridgehead atoms. The van der Waals surface area contributed by atoms with E-state index in [4.69, 9.17) is 0 Å². The van der Waals surface area contributed by atoms with Gasteiger partial charge in [0.1, 0.15) is 11.5 Å². The summed E-state index contributed by atoms with van der Waals surface area (Å²) < 4.78 is 41.0. The Morgan fingerprint density at radius 1 is 1.03 bits per heavy atom.